The average Bonchev–Trinajstić information content (AvgIpc) is 3.11. The number of fused-ring (bicyclic) bond motifs is 1. The highest BCUT2D eigenvalue weighted by atomic mass is 19.3. The van der Waals surface area contributed by atoms with Gasteiger partial charge in [0.2, 0.25) is 11.8 Å². The van der Waals surface area contributed by atoms with Crippen LogP contribution in [-0.2, 0) is 16.0 Å². The Bertz CT molecular complexity index is 860. The third kappa shape index (κ3) is 5.78. The monoisotopic (exact) mass is 420 g/mol. The Morgan fingerprint density at radius 1 is 1.17 bits per heavy atom. The van der Waals surface area contributed by atoms with Crippen LogP contribution in [0.2, 0.25) is 0 Å². The molecule has 1 atom stereocenters. The minimum Gasteiger partial charge on any atom is -0.361 e. The van der Waals surface area contributed by atoms with Gasteiger partial charge in [0.1, 0.15) is 6.04 Å². The molecular weight excluding hydrogens is 390 g/mol. The Morgan fingerprint density at radius 3 is 2.53 bits per heavy atom. The molecule has 1 aliphatic heterocycles. The summed E-state index contributed by atoms with van der Waals surface area (Å²) >= 11 is 0. The van der Waals surface area contributed by atoms with E-state index in [0.29, 0.717) is 32.4 Å². The fraction of sp³-hybridized carbons (Fsp3) is 0.545. The Hall–Kier alpha value is -2.48. The second kappa shape index (κ2) is 10.0. The number of rotatable bonds is 8. The van der Waals surface area contributed by atoms with Crippen LogP contribution in [0.4, 0.5) is 8.78 Å². The van der Waals surface area contributed by atoms with Crippen LogP contribution >= 0.6 is 0 Å². The van der Waals surface area contributed by atoms with E-state index in [9.17, 15) is 18.4 Å². The third-order valence-electron chi connectivity index (χ3n) is 5.59. The number of para-hydroxylation sites is 1. The third-order valence-corrected chi connectivity index (χ3v) is 5.59. The zero-order valence-electron chi connectivity index (χ0n) is 17.5. The summed E-state index contributed by atoms with van der Waals surface area (Å²) in [5.74, 6) is -0.649. The van der Waals surface area contributed by atoms with E-state index >= 15 is 0 Å². The molecule has 0 saturated carbocycles. The van der Waals surface area contributed by atoms with Gasteiger partial charge >= 0.3 is 0 Å². The van der Waals surface area contributed by atoms with E-state index in [1.54, 1.807) is 18.7 Å². The Kier molecular flexibility index (Phi) is 7.42. The lowest BCUT2D eigenvalue weighted by atomic mass is 10.0. The first-order valence-electron chi connectivity index (χ1n) is 10.5. The Morgan fingerprint density at radius 2 is 1.87 bits per heavy atom. The molecule has 2 amide bonds. The molecule has 0 spiro atoms. The second-order valence-corrected chi connectivity index (χ2v) is 8.25. The SMILES string of the molecule is CC(C)C(=O)NC(Cc1c[nH]c2ccccc12)C(=O)NC1CCN(CC(F)F)CC1. The summed E-state index contributed by atoms with van der Waals surface area (Å²) in [4.78, 5) is 30.3. The van der Waals surface area contributed by atoms with Gasteiger partial charge in [0.25, 0.3) is 6.43 Å². The summed E-state index contributed by atoms with van der Waals surface area (Å²) in [5.41, 5.74) is 1.94. The van der Waals surface area contributed by atoms with Crippen LogP contribution in [0.1, 0.15) is 32.3 Å². The molecule has 6 nitrogen and oxygen atoms in total. The molecule has 0 radical (unpaired) electrons. The molecule has 1 aliphatic rings. The molecule has 3 rings (SSSR count). The lowest BCUT2D eigenvalue weighted by Gasteiger charge is -2.33. The number of carbonyl (C=O) groups is 2. The van der Waals surface area contributed by atoms with Crippen LogP contribution in [0, 0.1) is 5.92 Å². The van der Waals surface area contributed by atoms with Crippen LogP contribution in [0.25, 0.3) is 10.9 Å². The lowest BCUT2D eigenvalue weighted by molar-refractivity contribution is -0.131. The summed E-state index contributed by atoms with van der Waals surface area (Å²) in [6.45, 7) is 4.40. The summed E-state index contributed by atoms with van der Waals surface area (Å²) in [6, 6.07) is 7.06. The number of hydrogen-bond donors (Lipinski definition) is 3. The molecule has 1 aromatic carbocycles. The van der Waals surface area contributed by atoms with E-state index in [4.69, 9.17) is 0 Å². The quantitative estimate of drug-likeness (QED) is 0.615. The highest BCUT2D eigenvalue weighted by Crippen LogP contribution is 2.20. The number of halogens is 2. The van der Waals surface area contributed by atoms with Crippen molar-refractivity contribution >= 4 is 22.7 Å². The van der Waals surface area contributed by atoms with E-state index in [1.165, 1.54) is 0 Å². The normalized spacial score (nSPS) is 16.9. The zero-order valence-corrected chi connectivity index (χ0v) is 17.5. The molecule has 2 aromatic rings. The van der Waals surface area contributed by atoms with Crippen molar-refractivity contribution in [3.63, 3.8) is 0 Å². The first kappa shape index (κ1) is 22.2. The maximum Gasteiger partial charge on any atom is 0.251 e. The molecule has 0 bridgehead atoms. The van der Waals surface area contributed by atoms with Crippen molar-refractivity contribution in [2.75, 3.05) is 19.6 Å². The number of carbonyl (C=O) groups excluding carboxylic acids is 2. The second-order valence-electron chi connectivity index (χ2n) is 8.25. The van der Waals surface area contributed by atoms with E-state index in [1.807, 2.05) is 30.5 Å². The molecule has 8 heteroatoms. The molecular formula is C22H30F2N4O2. The maximum absolute atomic E-state index is 13.0. The van der Waals surface area contributed by atoms with Gasteiger partial charge in [-0.25, -0.2) is 8.78 Å². The largest absolute Gasteiger partial charge is 0.361 e. The van der Waals surface area contributed by atoms with E-state index < -0.39 is 12.5 Å². The van der Waals surface area contributed by atoms with Gasteiger partial charge in [-0.15, -0.1) is 0 Å². The molecule has 2 heterocycles. The number of alkyl halides is 2. The fourth-order valence-corrected chi connectivity index (χ4v) is 3.82. The average molecular weight is 421 g/mol. The number of hydrogen-bond acceptors (Lipinski definition) is 3. The number of nitrogens with zero attached hydrogens (tertiary/aromatic N) is 1. The fourth-order valence-electron chi connectivity index (χ4n) is 3.82. The van der Waals surface area contributed by atoms with Crippen molar-refractivity contribution in [1.29, 1.82) is 0 Å². The van der Waals surface area contributed by atoms with Gasteiger partial charge in [-0.05, 0) is 24.5 Å². The Labute approximate surface area is 175 Å². The Balaban J connectivity index is 1.66. The van der Waals surface area contributed by atoms with Crippen LogP contribution in [0.15, 0.2) is 30.5 Å². The number of H-pyrrole nitrogens is 1. The minimum atomic E-state index is -2.34. The highest BCUT2D eigenvalue weighted by Gasteiger charge is 2.28. The zero-order chi connectivity index (χ0) is 21.7. The smallest absolute Gasteiger partial charge is 0.251 e. The first-order chi connectivity index (χ1) is 14.3. The standard InChI is InChI=1S/C22H30F2N4O2/c1-14(2)21(29)27-19(11-15-12-25-18-6-4-3-5-17(15)18)22(30)26-16-7-9-28(10-8-16)13-20(23)24/h3-6,12,14,16,19-20,25H,7-11,13H2,1-2H3,(H,26,30)(H,27,29). The van der Waals surface area contributed by atoms with Crippen LogP contribution in [-0.4, -0.2) is 59.8 Å². The van der Waals surface area contributed by atoms with Crippen molar-refractivity contribution in [1.82, 2.24) is 20.5 Å². The van der Waals surface area contributed by atoms with Crippen molar-refractivity contribution in [3.8, 4) is 0 Å². The minimum absolute atomic E-state index is 0.0761. The van der Waals surface area contributed by atoms with Crippen molar-refractivity contribution in [2.45, 2.75) is 51.6 Å². The molecule has 1 aromatic heterocycles. The van der Waals surface area contributed by atoms with E-state index in [2.05, 4.69) is 15.6 Å². The van der Waals surface area contributed by atoms with Crippen molar-refractivity contribution in [2.24, 2.45) is 5.92 Å². The van der Waals surface area contributed by atoms with E-state index in [-0.39, 0.29) is 30.3 Å². The number of aromatic amines is 1. The topological polar surface area (TPSA) is 77.2 Å². The maximum atomic E-state index is 13.0. The van der Waals surface area contributed by atoms with Crippen LogP contribution in [0.3, 0.4) is 0 Å². The molecule has 30 heavy (non-hydrogen) atoms. The van der Waals surface area contributed by atoms with Gasteiger partial charge in [-0.1, -0.05) is 32.0 Å². The number of aromatic nitrogens is 1. The van der Waals surface area contributed by atoms with Crippen LogP contribution in [0.5, 0.6) is 0 Å². The molecule has 1 unspecified atom stereocenters. The molecule has 3 N–H and O–H groups in total. The number of amides is 2. The van der Waals surface area contributed by atoms with Crippen molar-refractivity contribution in [3.05, 3.63) is 36.0 Å². The molecule has 1 fully saturated rings. The molecule has 0 aliphatic carbocycles. The van der Waals surface area contributed by atoms with Gasteiger partial charge in [0.05, 0.1) is 6.54 Å². The molecule has 1 saturated heterocycles. The first-order valence-corrected chi connectivity index (χ1v) is 10.5. The van der Waals surface area contributed by atoms with Gasteiger partial charge in [0, 0.05) is 48.6 Å². The van der Waals surface area contributed by atoms with Crippen molar-refractivity contribution < 1.29 is 18.4 Å². The van der Waals surface area contributed by atoms with Gasteiger partial charge in [-0.3, -0.25) is 14.5 Å². The predicted octanol–water partition coefficient (Wildman–Crippen LogP) is 2.70. The lowest BCUT2D eigenvalue weighted by Crippen LogP contribution is -2.53. The number of likely N-dealkylation sites (tertiary alicyclic amines) is 1. The number of nitrogens with one attached hydrogen (secondary N) is 3. The highest BCUT2D eigenvalue weighted by molar-refractivity contribution is 5.90. The van der Waals surface area contributed by atoms with Gasteiger partial charge in [0.15, 0.2) is 0 Å². The molecule has 164 valence electrons. The predicted molar refractivity (Wildman–Crippen MR) is 112 cm³/mol. The van der Waals surface area contributed by atoms with Crippen LogP contribution < -0.4 is 10.6 Å². The van der Waals surface area contributed by atoms with Gasteiger partial charge in [-0.2, -0.15) is 0 Å². The summed E-state index contributed by atoms with van der Waals surface area (Å²) < 4.78 is 25.1. The number of piperidine rings is 1. The summed E-state index contributed by atoms with van der Waals surface area (Å²) in [7, 11) is 0. The van der Waals surface area contributed by atoms with E-state index in [0.717, 1.165) is 16.5 Å². The summed E-state index contributed by atoms with van der Waals surface area (Å²) in [6.07, 6.45) is 1.14. The van der Waals surface area contributed by atoms with Gasteiger partial charge < -0.3 is 15.6 Å². The number of benzene rings is 1. The summed E-state index contributed by atoms with van der Waals surface area (Å²) in [5, 5.41) is 6.91.